The Kier molecular flexibility index (Phi) is 6.99. The quantitative estimate of drug-likeness (QED) is 0.408. The van der Waals surface area contributed by atoms with Crippen molar-refractivity contribution < 1.29 is 23.5 Å². The fourth-order valence-electron chi connectivity index (χ4n) is 1.95. The van der Waals surface area contributed by atoms with Crippen LogP contribution in [0.25, 0.3) is 6.08 Å². The Bertz CT molecular complexity index is 784. The van der Waals surface area contributed by atoms with Gasteiger partial charge in [0.05, 0.1) is 19.4 Å². The van der Waals surface area contributed by atoms with Gasteiger partial charge >= 0.3 is 11.8 Å². The second-order valence-corrected chi connectivity index (χ2v) is 5.01. The van der Waals surface area contributed by atoms with Crippen LogP contribution in [-0.2, 0) is 20.9 Å². The van der Waals surface area contributed by atoms with Crippen molar-refractivity contribution in [1.29, 1.82) is 0 Å². The Balaban J connectivity index is 1.78. The number of carbonyl (C=O) groups is 3. The minimum atomic E-state index is -0.993. The predicted molar refractivity (Wildman–Crippen MR) is 93.5 cm³/mol. The maximum Gasteiger partial charge on any atom is 0.327 e. The van der Waals surface area contributed by atoms with Crippen LogP contribution >= 0.6 is 0 Å². The number of amides is 3. The molecule has 0 aliphatic carbocycles. The number of benzene rings is 1. The van der Waals surface area contributed by atoms with E-state index in [-0.39, 0.29) is 6.54 Å². The summed E-state index contributed by atoms with van der Waals surface area (Å²) in [6.45, 7) is 2.43. The number of hydrogen-bond acceptors (Lipinski definition) is 5. The van der Waals surface area contributed by atoms with E-state index in [1.165, 1.54) is 12.3 Å². The van der Waals surface area contributed by atoms with Crippen LogP contribution in [0.15, 0.2) is 53.2 Å². The van der Waals surface area contributed by atoms with Gasteiger partial charge in [0.25, 0.3) is 5.91 Å². The van der Waals surface area contributed by atoms with Crippen LogP contribution in [0.2, 0.25) is 0 Å². The van der Waals surface area contributed by atoms with Crippen LogP contribution < -0.4 is 20.9 Å². The lowest BCUT2D eigenvalue weighted by Crippen LogP contribution is -2.47. The van der Waals surface area contributed by atoms with Gasteiger partial charge < -0.3 is 14.5 Å². The second kappa shape index (κ2) is 9.67. The molecule has 0 fully saturated rings. The van der Waals surface area contributed by atoms with Gasteiger partial charge in [-0.3, -0.25) is 25.2 Å². The van der Waals surface area contributed by atoms with Crippen LogP contribution in [0.5, 0.6) is 5.75 Å². The van der Waals surface area contributed by atoms with E-state index in [0.717, 1.165) is 0 Å². The van der Waals surface area contributed by atoms with Crippen molar-refractivity contribution >= 4 is 23.8 Å². The van der Waals surface area contributed by atoms with Gasteiger partial charge in [0, 0.05) is 11.6 Å². The Morgan fingerprint density at radius 1 is 1.08 bits per heavy atom. The standard InChI is InChI=1S/C18H19N3O5/c1-2-25-15-8-4-3-6-13(15)9-10-16(22)20-21-18(24)17(23)19-12-14-7-5-11-26-14/h3-11H,2,12H2,1H3,(H,19,23)(H,20,22)(H,21,24)/b10-9+. The van der Waals surface area contributed by atoms with Crippen molar-refractivity contribution in [1.82, 2.24) is 16.2 Å². The third-order valence-electron chi connectivity index (χ3n) is 3.14. The lowest BCUT2D eigenvalue weighted by Gasteiger charge is -2.07. The van der Waals surface area contributed by atoms with E-state index < -0.39 is 17.7 Å². The smallest absolute Gasteiger partial charge is 0.327 e. The summed E-state index contributed by atoms with van der Waals surface area (Å²) in [5.41, 5.74) is 4.87. The Hall–Kier alpha value is -3.55. The third-order valence-corrected chi connectivity index (χ3v) is 3.14. The number of hydrogen-bond donors (Lipinski definition) is 3. The Labute approximate surface area is 150 Å². The number of furan rings is 1. The van der Waals surface area contributed by atoms with Gasteiger partial charge in [0.2, 0.25) is 0 Å². The van der Waals surface area contributed by atoms with E-state index in [2.05, 4.69) is 10.7 Å². The van der Waals surface area contributed by atoms with Gasteiger partial charge in [-0.05, 0) is 31.2 Å². The molecule has 8 nitrogen and oxygen atoms in total. The summed E-state index contributed by atoms with van der Waals surface area (Å²) in [4.78, 5) is 35.0. The van der Waals surface area contributed by atoms with Crippen LogP contribution in [0.1, 0.15) is 18.2 Å². The molecule has 0 saturated heterocycles. The molecule has 8 heteroatoms. The summed E-state index contributed by atoms with van der Waals surface area (Å²) in [7, 11) is 0. The highest BCUT2D eigenvalue weighted by Crippen LogP contribution is 2.19. The number of rotatable bonds is 6. The molecule has 0 aliphatic heterocycles. The first-order valence-electron chi connectivity index (χ1n) is 7.90. The van der Waals surface area contributed by atoms with Crippen molar-refractivity contribution in [3.63, 3.8) is 0 Å². The minimum absolute atomic E-state index is 0.0707. The molecule has 26 heavy (non-hydrogen) atoms. The zero-order valence-electron chi connectivity index (χ0n) is 14.2. The molecule has 0 spiro atoms. The normalized spacial score (nSPS) is 10.3. The molecule has 0 unspecified atom stereocenters. The van der Waals surface area contributed by atoms with Gasteiger partial charge in [0.1, 0.15) is 11.5 Å². The van der Waals surface area contributed by atoms with E-state index >= 15 is 0 Å². The fraction of sp³-hybridized carbons (Fsp3) is 0.167. The lowest BCUT2D eigenvalue weighted by molar-refractivity contribution is -0.140. The molecule has 2 rings (SSSR count). The van der Waals surface area contributed by atoms with E-state index in [4.69, 9.17) is 9.15 Å². The number of nitrogens with one attached hydrogen (secondary N) is 3. The molecular weight excluding hydrogens is 338 g/mol. The average molecular weight is 357 g/mol. The highest BCUT2D eigenvalue weighted by Gasteiger charge is 2.13. The summed E-state index contributed by atoms with van der Waals surface area (Å²) in [6, 6.07) is 10.5. The highest BCUT2D eigenvalue weighted by atomic mass is 16.5. The van der Waals surface area contributed by atoms with E-state index in [1.54, 1.807) is 30.3 Å². The topological polar surface area (TPSA) is 110 Å². The first-order chi connectivity index (χ1) is 12.6. The van der Waals surface area contributed by atoms with Crippen molar-refractivity contribution in [3.05, 3.63) is 60.1 Å². The van der Waals surface area contributed by atoms with Gasteiger partial charge in [-0.1, -0.05) is 18.2 Å². The monoisotopic (exact) mass is 357 g/mol. The van der Waals surface area contributed by atoms with Gasteiger partial charge in [0.15, 0.2) is 0 Å². The Morgan fingerprint density at radius 3 is 2.62 bits per heavy atom. The highest BCUT2D eigenvalue weighted by molar-refractivity contribution is 6.35. The molecule has 3 N–H and O–H groups in total. The fourth-order valence-corrected chi connectivity index (χ4v) is 1.95. The SMILES string of the molecule is CCOc1ccccc1/C=C/C(=O)NNC(=O)C(=O)NCc1ccco1. The first kappa shape index (κ1) is 18.8. The summed E-state index contributed by atoms with van der Waals surface area (Å²) >= 11 is 0. The molecule has 0 aliphatic rings. The number of para-hydroxylation sites is 1. The van der Waals surface area contributed by atoms with E-state index in [0.29, 0.717) is 23.7 Å². The summed E-state index contributed by atoms with van der Waals surface area (Å²) < 4.78 is 10.5. The summed E-state index contributed by atoms with van der Waals surface area (Å²) in [5.74, 6) is -1.34. The maximum atomic E-state index is 11.8. The summed E-state index contributed by atoms with van der Waals surface area (Å²) in [6.07, 6.45) is 4.22. The van der Waals surface area contributed by atoms with E-state index in [1.807, 2.05) is 24.5 Å². The molecule has 0 saturated carbocycles. The van der Waals surface area contributed by atoms with Crippen LogP contribution in [0.4, 0.5) is 0 Å². The second-order valence-electron chi connectivity index (χ2n) is 5.01. The number of ether oxygens (including phenoxy) is 1. The van der Waals surface area contributed by atoms with Crippen LogP contribution in [0, 0.1) is 0 Å². The largest absolute Gasteiger partial charge is 0.493 e. The molecule has 1 aromatic carbocycles. The number of hydrazine groups is 1. The van der Waals surface area contributed by atoms with Crippen molar-refractivity contribution in [2.45, 2.75) is 13.5 Å². The van der Waals surface area contributed by atoms with Gasteiger partial charge in [-0.2, -0.15) is 0 Å². The van der Waals surface area contributed by atoms with Crippen LogP contribution in [-0.4, -0.2) is 24.3 Å². The van der Waals surface area contributed by atoms with Crippen LogP contribution in [0.3, 0.4) is 0 Å². The minimum Gasteiger partial charge on any atom is -0.493 e. The Morgan fingerprint density at radius 2 is 1.88 bits per heavy atom. The zero-order chi connectivity index (χ0) is 18.8. The molecule has 2 aromatic rings. The van der Waals surface area contributed by atoms with Crippen molar-refractivity contribution in [2.24, 2.45) is 0 Å². The molecule has 0 bridgehead atoms. The molecule has 1 aromatic heterocycles. The molecule has 136 valence electrons. The average Bonchev–Trinajstić information content (AvgIpc) is 3.17. The molecule has 1 heterocycles. The zero-order valence-corrected chi connectivity index (χ0v) is 14.2. The molecular formula is C18H19N3O5. The molecule has 0 radical (unpaired) electrons. The third kappa shape index (κ3) is 5.82. The molecule has 3 amide bonds. The van der Waals surface area contributed by atoms with Crippen molar-refractivity contribution in [3.8, 4) is 5.75 Å². The maximum absolute atomic E-state index is 11.8. The lowest BCUT2D eigenvalue weighted by atomic mass is 10.2. The number of carbonyl (C=O) groups excluding carboxylic acids is 3. The summed E-state index contributed by atoms with van der Waals surface area (Å²) in [5, 5.41) is 2.36. The first-order valence-corrected chi connectivity index (χ1v) is 7.90. The molecule has 0 atom stereocenters. The van der Waals surface area contributed by atoms with Gasteiger partial charge in [-0.25, -0.2) is 0 Å². The predicted octanol–water partition coefficient (Wildman–Crippen LogP) is 1.16. The van der Waals surface area contributed by atoms with E-state index in [9.17, 15) is 14.4 Å². The van der Waals surface area contributed by atoms with Gasteiger partial charge in [-0.15, -0.1) is 0 Å². The van der Waals surface area contributed by atoms with Crippen molar-refractivity contribution in [2.75, 3.05) is 6.61 Å².